The summed E-state index contributed by atoms with van der Waals surface area (Å²) in [6.07, 6.45) is 0. The number of hydrogen-bond donors (Lipinski definition) is 2. The molecule has 0 aromatic heterocycles. The highest BCUT2D eigenvalue weighted by Gasteiger charge is 2.25. The molecule has 270 valence electrons. The molecule has 0 saturated carbocycles. The van der Waals surface area contributed by atoms with E-state index in [4.69, 9.17) is 27.2 Å². The van der Waals surface area contributed by atoms with Crippen LogP contribution in [0.2, 0.25) is 0 Å². The van der Waals surface area contributed by atoms with Crippen molar-refractivity contribution in [2.24, 2.45) is 0 Å². The molecule has 2 N–H and O–H groups in total. The molecule has 9 nitrogen and oxygen atoms in total. The molecule has 0 saturated heterocycles. The van der Waals surface area contributed by atoms with Crippen molar-refractivity contribution in [2.75, 3.05) is 14.2 Å². The van der Waals surface area contributed by atoms with Gasteiger partial charge in [-0.05, 0) is 89.3 Å². The molecule has 0 aliphatic rings. The standard InChI is InChI=1S/C18H22O5S.C10H14O.6CH4.ClHO3S/c1-10-7-11(2)16(12(3)8-10)23-15-9-13(4)17(22-6)14(5)18(15)24(19,20)21;1-7-5-8(2)10(11-4)9(3)6-7;;;;;;;1-5(2,3)4/h7-9H,1-6H3,(H,19,20,21);5-6H,1-4H3;6*1H4;(H,2,3,4). The van der Waals surface area contributed by atoms with Gasteiger partial charge in [-0.1, -0.05) is 80.0 Å². The monoisotopic (exact) mass is 712 g/mol. The number of hydrogen-bond acceptors (Lipinski definition) is 7. The van der Waals surface area contributed by atoms with Crippen LogP contribution in [0.4, 0.5) is 0 Å². The molecule has 46 heavy (non-hydrogen) atoms. The minimum absolute atomic E-state index is 0. The minimum Gasteiger partial charge on any atom is -0.496 e. The molecular formula is C34H61ClO9S2. The summed E-state index contributed by atoms with van der Waals surface area (Å²) in [6.45, 7) is 15.4. The predicted molar refractivity (Wildman–Crippen MR) is 198 cm³/mol. The minimum atomic E-state index is -4.47. The molecule has 0 spiro atoms. The van der Waals surface area contributed by atoms with Crippen molar-refractivity contribution in [1.29, 1.82) is 0 Å². The zero-order chi connectivity index (χ0) is 31.2. The van der Waals surface area contributed by atoms with Crippen molar-refractivity contribution in [3.05, 3.63) is 74.8 Å². The molecule has 0 radical (unpaired) electrons. The summed E-state index contributed by atoms with van der Waals surface area (Å²) >= 11 is 0. The first-order chi connectivity index (χ1) is 18.2. The maximum Gasteiger partial charge on any atom is 0.353 e. The lowest BCUT2D eigenvalue weighted by molar-refractivity contribution is 0.399. The molecule has 0 amide bonds. The molecule has 0 heterocycles. The number of benzene rings is 3. The lowest BCUT2D eigenvalue weighted by Crippen LogP contribution is -2.07. The highest BCUT2D eigenvalue weighted by Crippen LogP contribution is 2.40. The van der Waals surface area contributed by atoms with E-state index in [1.807, 2.05) is 32.9 Å². The Labute approximate surface area is 286 Å². The van der Waals surface area contributed by atoms with Crippen LogP contribution in [0.3, 0.4) is 0 Å². The molecule has 0 aliphatic carbocycles. The Morgan fingerprint density at radius 3 is 1.11 bits per heavy atom. The SMILES string of the molecule is C.C.C.C.C.C.COc1c(C)cc(C)cc1C.COc1c(C)cc(Oc2c(C)cc(C)cc2C)c(S(=O)(=O)O)c1C.O=S(=O)(O)Cl. The van der Waals surface area contributed by atoms with E-state index in [1.54, 1.807) is 27.0 Å². The van der Waals surface area contributed by atoms with Crippen molar-refractivity contribution in [3.63, 3.8) is 0 Å². The summed E-state index contributed by atoms with van der Waals surface area (Å²) in [5, 5.41) is 0. The normalized spacial score (nSPS) is 9.59. The zero-order valence-electron chi connectivity index (χ0n) is 24.3. The topological polar surface area (TPSA) is 136 Å². The van der Waals surface area contributed by atoms with Crippen LogP contribution in [0, 0.1) is 55.4 Å². The average molecular weight is 713 g/mol. The van der Waals surface area contributed by atoms with Crippen LogP contribution in [-0.2, 0) is 19.4 Å². The first-order valence-electron chi connectivity index (χ1n) is 11.9. The maximum atomic E-state index is 11.9. The van der Waals surface area contributed by atoms with Gasteiger partial charge in [0.1, 0.15) is 27.9 Å². The van der Waals surface area contributed by atoms with Gasteiger partial charge in [0, 0.05) is 16.2 Å². The van der Waals surface area contributed by atoms with E-state index in [9.17, 15) is 13.0 Å². The fraction of sp³-hybridized carbons (Fsp3) is 0.471. The average Bonchev–Trinajstić information content (AvgIpc) is 2.74. The van der Waals surface area contributed by atoms with Crippen molar-refractivity contribution in [1.82, 2.24) is 0 Å². The van der Waals surface area contributed by atoms with Gasteiger partial charge in [-0.15, -0.1) is 0 Å². The van der Waals surface area contributed by atoms with Crippen molar-refractivity contribution < 1.29 is 40.2 Å². The van der Waals surface area contributed by atoms with Gasteiger partial charge < -0.3 is 14.2 Å². The summed E-state index contributed by atoms with van der Waals surface area (Å²) in [5.74, 6) is 2.08. The van der Waals surface area contributed by atoms with Gasteiger partial charge in [0.2, 0.25) is 0 Å². The molecule has 0 unspecified atom stereocenters. The summed E-state index contributed by atoms with van der Waals surface area (Å²) in [4.78, 5) is -0.274. The second kappa shape index (κ2) is 22.7. The summed E-state index contributed by atoms with van der Waals surface area (Å²) in [7, 11) is -1.44. The Kier molecular flexibility index (Phi) is 27.4. The van der Waals surface area contributed by atoms with Gasteiger partial charge in [-0.2, -0.15) is 16.8 Å². The lowest BCUT2D eigenvalue weighted by atomic mass is 10.1. The van der Waals surface area contributed by atoms with E-state index in [-0.39, 0.29) is 55.2 Å². The lowest BCUT2D eigenvalue weighted by Gasteiger charge is -2.19. The molecule has 3 aromatic rings. The summed E-state index contributed by atoms with van der Waals surface area (Å²) in [5.41, 5.74) is 7.63. The smallest absolute Gasteiger partial charge is 0.353 e. The molecule has 12 heteroatoms. The number of rotatable bonds is 5. The van der Waals surface area contributed by atoms with Crippen LogP contribution in [0.1, 0.15) is 89.1 Å². The number of methoxy groups -OCH3 is 2. The van der Waals surface area contributed by atoms with E-state index in [0.29, 0.717) is 17.1 Å². The fourth-order valence-electron chi connectivity index (χ4n) is 4.55. The first kappa shape index (κ1) is 55.6. The van der Waals surface area contributed by atoms with E-state index in [2.05, 4.69) is 43.6 Å². The van der Waals surface area contributed by atoms with Crippen molar-refractivity contribution in [3.8, 4) is 23.0 Å². The molecule has 0 atom stereocenters. The van der Waals surface area contributed by atoms with Crippen molar-refractivity contribution >= 4 is 30.1 Å². The second-order valence-electron chi connectivity index (χ2n) is 9.33. The van der Waals surface area contributed by atoms with E-state index in [1.165, 1.54) is 23.8 Å². The number of ether oxygens (including phenoxy) is 3. The molecule has 3 aromatic carbocycles. The summed E-state index contributed by atoms with van der Waals surface area (Å²) in [6, 6.07) is 9.74. The van der Waals surface area contributed by atoms with Crippen LogP contribution in [0.5, 0.6) is 23.0 Å². The fourth-order valence-corrected chi connectivity index (χ4v) is 5.38. The van der Waals surface area contributed by atoms with Crippen molar-refractivity contribution in [2.45, 2.75) is 105 Å². The molecule has 0 fully saturated rings. The van der Waals surface area contributed by atoms with Crippen LogP contribution in [0.15, 0.2) is 35.2 Å². The quantitative estimate of drug-likeness (QED) is 0.195. The zero-order valence-corrected chi connectivity index (χ0v) is 26.7. The Hall–Kier alpha value is -2.83. The third kappa shape index (κ3) is 16.6. The first-order valence-corrected chi connectivity index (χ1v) is 15.6. The largest absolute Gasteiger partial charge is 0.496 e. The molecule has 3 rings (SSSR count). The predicted octanol–water partition coefficient (Wildman–Crippen LogP) is 10.7. The van der Waals surface area contributed by atoms with Crippen LogP contribution < -0.4 is 14.2 Å². The second-order valence-corrected chi connectivity index (χ2v) is 12.7. The van der Waals surface area contributed by atoms with Gasteiger partial charge >= 0.3 is 9.33 Å². The van der Waals surface area contributed by atoms with E-state index < -0.39 is 19.4 Å². The highest BCUT2D eigenvalue weighted by molar-refractivity contribution is 8.09. The number of aryl methyl sites for hydroxylation is 7. The third-order valence-electron chi connectivity index (χ3n) is 5.70. The van der Waals surface area contributed by atoms with Gasteiger partial charge in [0.05, 0.1) is 14.2 Å². The van der Waals surface area contributed by atoms with Crippen LogP contribution in [0.25, 0.3) is 0 Å². The summed E-state index contributed by atoms with van der Waals surface area (Å²) < 4.78 is 75.0. The van der Waals surface area contributed by atoms with E-state index >= 15 is 0 Å². The highest BCUT2D eigenvalue weighted by atomic mass is 35.7. The molecule has 0 bridgehead atoms. The Bertz CT molecular complexity index is 1530. The van der Waals surface area contributed by atoms with Gasteiger partial charge in [-0.3, -0.25) is 9.11 Å². The van der Waals surface area contributed by atoms with Gasteiger partial charge in [0.25, 0.3) is 10.1 Å². The Balaban J connectivity index is -0.000000155. The third-order valence-corrected chi connectivity index (χ3v) is 6.72. The van der Waals surface area contributed by atoms with Crippen LogP contribution in [-0.4, -0.2) is 40.2 Å². The Morgan fingerprint density at radius 2 is 0.826 bits per heavy atom. The number of halogens is 1. The molecular weight excluding hydrogens is 652 g/mol. The van der Waals surface area contributed by atoms with Crippen LogP contribution >= 0.6 is 10.7 Å². The van der Waals surface area contributed by atoms with Gasteiger partial charge in [0.15, 0.2) is 0 Å². The maximum absolute atomic E-state index is 11.9. The van der Waals surface area contributed by atoms with Gasteiger partial charge in [-0.25, -0.2) is 0 Å². The molecule has 0 aliphatic heterocycles. The van der Waals surface area contributed by atoms with E-state index in [0.717, 1.165) is 28.0 Å². The Morgan fingerprint density at radius 1 is 0.543 bits per heavy atom.